The zero-order chi connectivity index (χ0) is 20.4. The van der Waals surface area contributed by atoms with Crippen LogP contribution in [-0.4, -0.2) is 65.0 Å². The van der Waals surface area contributed by atoms with Crippen molar-refractivity contribution in [2.24, 2.45) is 11.7 Å². The highest BCUT2D eigenvalue weighted by atomic mass is 32.2. The number of aliphatic carboxylic acids is 1. The van der Waals surface area contributed by atoms with Crippen LogP contribution < -0.4 is 21.7 Å². The Balaban J connectivity index is 4.88. The first-order chi connectivity index (χ1) is 12.0. The number of carbonyl (C=O) groups excluding carboxylic acids is 3. The summed E-state index contributed by atoms with van der Waals surface area (Å²) in [5, 5.41) is 16.2. The second kappa shape index (κ2) is 11.7. The van der Waals surface area contributed by atoms with Gasteiger partial charge in [-0.2, -0.15) is 11.8 Å². The fourth-order valence-electron chi connectivity index (χ4n) is 1.85. The van der Waals surface area contributed by atoms with Gasteiger partial charge in [0.15, 0.2) is 0 Å². The second-order valence-electron chi connectivity index (χ2n) is 6.41. The van der Waals surface area contributed by atoms with Gasteiger partial charge in [-0.05, 0) is 38.2 Å². The van der Waals surface area contributed by atoms with Crippen LogP contribution >= 0.6 is 11.8 Å². The van der Waals surface area contributed by atoms with E-state index in [1.54, 1.807) is 13.8 Å². The van der Waals surface area contributed by atoms with Crippen molar-refractivity contribution >= 4 is 35.5 Å². The molecule has 10 heteroatoms. The van der Waals surface area contributed by atoms with E-state index in [1.807, 2.05) is 6.26 Å². The van der Waals surface area contributed by atoms with Gasteiger partial charge in [0.1, 0.15) is 18.1 Å². The van der Waals surface area contributed by atoms with Crippen molar-refractivity contribution in [3.05, 3.63) is 0 Å². The van der Waals surface area contributed by atoms with Crippen LogP contribution in [0.1, 0.15) is 34.1 Å². The predicted molar refractivity (Wildman–Crippen MR) is 101 cm³/mol. The van der Waals surface area contributed by atoms with E-state index in [4.69, 9.17) is 10.8 Å². The summed E-state index contributed by atoms with van der Waals surface area (Å²) in [5.74, 6) is -2.20. The van der Waals surface area contributed by atoms with Gasteiger partial charge in [-0.25, -0.2) is 0 Å². The minimum absolute atomic E-state index is 0.0820. The lowest BCUT2D eigenvalue weighted by atomic mass is 10.0. The van der Waals surface area contributed by atoms with E-state index in [0.717, 1.165) is 0 Å². The number of carboxylic acid groups (broad SMARTS) is 1. The second-order valence-corrected chi connectivity index (χ2v) is 7.40. The molecule has 0 saturated carbocycles. The summed E-state index contributed by atoms with van der Waals surface area (Å²) in [7, 11) is 0. The third-order valence-corrected chi connectivity index (χ3v) is 4.39. The van der Waals surface area contributed by atoms with E-state index in [1.165, 1.54) is 25.6 Å². The summed E-state index contributed by atoms with van der Waals surface area (Å²) < 4.78 is 0. The number of nitrogens with two attached hydrogens (primary N) is 1. The fourth-order valence-corrected chi connectivity index (χ4v) is 2.33. The molecule has 4 unspecified atom stereocenters. The molecule has 4 atom stereocenters. The van der Waals surface area contributed by atoms with Gasteiger partial charge in [0.2, 0.25) is 17.7 Å². The molecule has 0 aliphatic carbocycles. The molecule has 6 N–H and O–H groups in total. The van der Waals surface area contributed by atoms with Crippen LogP contribution in [0.3, 0.4) is 0 Å². The first-order valence-corrected chi connectivity index (χ1v) is 9.79. The molecule has 0 rings (SSSR count). The smallest absolute Gasteiger partial charge is 0.325 e. The summed E-state index contributed by atoms with van der Waals surface area (Å²) in [6.45, 7) is 6.37. The summed E-state index contributed by atoms with van der Waals surface area (Å²) in [5.41, 5.74) is 5.80. The van der Waals surface area contributed by atoms with Gasteiger partial charge in [0.25, 0.3) is 0 Å². The first kappa shape index (κ1) is 24.2. The standard InChI is InChI=1S/C16H30N4O5S/c1-8(2)12(17)15(23)20-11(6-7-26-5)14(22)18-9(3)13(21)19-10(4)16(24)25/h8-12H,6-7,17H2,1-5H3,(H,18,22)(H,19,21)(H,20,23)(H,24,25). The largest absolute Gasteiger partial charge is 0.480 e. The van der Waals surface area contributed by atoms with Gasteiger partial charge in [0, 0.05) is 0 Å². The molecule has 0 aromatic rings. The first-order valence-electron chi connectivity index (χ1n) is 8.39. The Morgan fingerprint density at radius 1 is 0.923 bits per heavy atom. The van der Waals surface area contributed by atoms with E-state index in [2.05, 4.69) is 16.0 Å². The minimum Gasteiger partial charge on any atom is -0.480 e. The topological polar surface area (TPSA) is 151 Å². The van der Waals surface area contributed by atoms with E-state index in [9.17, 15) is 19.2 Å². The molecule has 0 spiro atoms. The molecule has 0 fully saturated rings. The third-order valence-electron chi connectivity index (χ3n) is 3.75. The number of nitrogens with one attached hydrogen (secondary N) is 3. The van der Waals surface area contributed by atoms with Crippen LogP contribution in [0.5, 0.6) is 0 Å². The molecule has 3 amide bonds. The van der Waals surface area contributed by atoms with Crippen molar-refractivity contribution < 1.29 is 24.3 Å². The number of amides is 3. The molecule has 0 aliphatic heterocycles. The van der Waals surface area contributed by atoms with Gasteiger partial charge in [0.05, 0.1) is 6.04 Å². The molecular weight excluding hydrogens is 360 g/mol. The van der Waals surface area contributed by atoms with E-state index < -0.39 is 47.9 Å². The van der Waals surface area contributed by atoms with Gasteiger partial charge in [-0.15, -0.1) is 0 Å². The normalized spacial score (nSPS) is 15.5. The maximum absolute atomic E-state index is 12.4. The summed E-state index contributed by atoms with van der Waals surface area (Å²) in [4.78, 5) is 47.3. The Labute approximate surface area is 158 Å². The van der Waals surface area contributed by atoms with Crippen molar-refractivity contribution in [3.63, 3.8) is 0 Å². The van der Waals surface area contributed by atoms with Crippen molar-refractivity contribution in [2.45, 2.75) is 58.3 Å². The highest BCUT2D eigenvalue weighted by molar-refractivity contribution is 7.98. The molecule has 0 aromatic carbocycles. The predicted octanol–water partition coefficient (Wildman–Crippen LogP) is -0.698. The lowest BCUT2D eigenvalue weighted by Gasteiger charge is -2.23. The maximum atomic E-state index is 12.4. The zero-order valence-corrected chi connectivity index (χ0v) is 16.7. The average molecular weight is 391 g/mol. The molecule has 0 radical (unpaired) electrons. The summed E-state index contributed by atoms with van der Waals surface area (Å²) in [6, 6.07) is -3.58. The molecule has 0 aromatic heterocycles. The Morgan fingerprint density at radius 2 is 1.46 bits per heavy atom. The summed E-state index contributed by atoms with van der Waals surface area (Å²) in [6.07, 6.45) is 2.25. The van der Waals surface area contributed by atoms with Gasteiger partial charge in [-0.3, -0.25) is 19.2 Å². The number of carbonyl (C=O) groups is 4. The fraction of sp³-hybridized carbons (Fsp3) is 0.750. The Morgan fingerprint density at radius 3 is 1.92 bits per heavy atom. The van der Waals surface area contributed by atoms with Crippen molar-refractivity contribution in [3.8, 4) is 0 Å². The van der Waals surface area contributed by atoms with Crippen molar-refractivity contribution in [1.82, 2.24) is 16.0 Å². The Bertz CT molecular complexity index is 515. The highest BCUT2D eigenvalue weighted by Crippen LogP contribution is 2.04. The van der Waals surface area contributed by atoms with E-state index in [0.29, 0.717) is 12.2 Å². The molecule has 0 saturated heterocycles. The van der Waals surface area contributed by atoms with Crippen LogP contribution in [0.4, 0.5) is 0 Å². The number of carboxylic acids is 1. The highest BCUT2D eigenvalue weighted by Gasteiger charge is 2.27. The van der Waals surface area contributed by atoms with E-state index >= 15 is 0 Å². The third kappa shape index (κ3) is 8.52. The Kier molecular flexibility index (Phi) is 10.9. The molecule has 0 bridgehead atoms. The van der Waals surface area contributed by atoms with Gasteiger partial charge < -0.3 is 26.8 Å². The molecular formula is C16H30N4O5S. The van der Waals surface area contributed by atoms with Crippen molar-refractivity contribution in [2.75, 3.05) is 12.0 Å². The van der Waals surface area contributed by atoms with E-state index in [-0.39, 0.29) is 5.92 Å². The van der Waals surface area contributed by atoms with Crippen molar-refractivity contribution in [1.29, 1.82) is 0 Å². The van der Waals surface area contributed by atoms with Gasteiger partial charge in [-0.1, -0.05) is 13.8 Å². The zero-order valence-electron chi connectivity index (χ0n) is 15.9. The van der Waals surface area contributed by atoms with Crippen LogP contribution in [0.25, 0.3) is 0 Å². The van der Waals surface area contributed by atoms with Crippen LogP contribution in [0, 0.1) is 5.92 Å². The average Bonchev–Trinajstić information content (AvgIpc) is 2.56. The maximum Gasteiger partial charge on any atom is 0.325 e. The summed E-state index contributed by atoms with van der Waals surface area (Å²) >= 11 is 1.52. The molecule has 9 nitrogen and oxygen atoms in total. The lowest BCUT2D eigenvalue weighted by molar-refractivity contribution is -0.141. The SMILES string of the molecule is CSCCC(NC(=O)C(N)C(C)C)C(=O)NC(C)C(=O)NC(C)C(=O)O. The molecule has 26 heavy (non-hydrogen) atoms. The molecule has 0 aliphatic rings. The molecule has 0 heterocycles. The van der Waals surface area contributed by atoms with Crippen LogP contribution in [0.15, 0.2) is 0 Å². The number of thioether (sulfide) groups is 1. The number of hydrogen-bond acceptors (Lipinski definition) is 6. The van der Waals surface area contributed by atoms with Gasteiger partial charge >= 0.3 is 5.97 Å². The lowest BCUT2D eigenvalue weighted by Crippen LogP contribution is -2.56. The number of hydrogen-bond donors (Lipinski definition) is 5. The van der Waals surface area contributed by atoms with Crippen LogP contribution in [0.2, 0.25) is 0 Å². The van der Waals surface area contributed by atoms with Crippen LogP contribution in [-0.2, 0) is 19.2 Å². The minimum atomic E-state index is -1.18. The number of rotatable bonds is 11. The molecule has 150 valence electrons. The quantitative estimate of drug-likeness (QED) is 0.313. The monoisotopic (exact) mass is 390 g/mol. The Hall–Kier alpha value is -1.81.